The summed E-state index contributed by atoms with van der Waals surface area (Å²) in [6.45, 7) is 6.36. The van der Waals surface area contributed by atoms with Crippen molar-refractivity contribution in [1.82, 2.24) is 4.90 Å². The van der Waals surface area contributed by atoms with E-state index in [9.17, 15) is 9.59 Å². The van der Waals surface area contributed by atoms with Crippen LogP contribution in [0.3, 0.4) is 0 Å². The van der Waals surface area contributed by atoms with E-state index in [1.165, 1.54) is 32.1 Å². The van der Waals surface area contributed by atoms with Gasteiger partial charge in [-0.1, -0.05) is 19.3 Å². The average molecular weight is 414 g/mol. The Bertz CT molecular complexity index is 757. The van der Waals surface area contributed by atoms with Crippen molar-refractivity contribution in [2.45, 2.75) is 77.4 Å². The van der Waals surface area contributed by atoms with Gasteiger partial charge in [-0.05, 0) is 70.2 Å². The number of rotatable bonds is 4. The minimum absolute atomic E-state index is 0.147. The van der Waals surface area contributed by atoms with Crippen molar-refractivity contribution < 1.29 is 14.3 Å². The Hall–Kier alpha value is -2.24. The number of benzene rings is 1. The minimum Gasteiger partial charge on any atom is -0.447 e. The Morgan fingerprint density at radius 2 is 1.80 bits per heavy atom. The molecule has 4 rings (SSSR count). The highest BCUT2D eigenvalue weighted by Gasteiger charge is 2.50. The summed E-state index contributed by atoms with van der Waals surface area (Å²) in [6, 6.07) is 8.34. The van der Waals surface area contributed by atoms with Crippen molar-refractivity contribution >= 4 is 23.4 Å². The molecule has 0 radical (unpaired) electrons. The molecule has 0 bridgehead atoms. The lowest BCUT2D eigenvalue weighted by Gasteiger charge is -2.41. The zero-order valence-electron chi connectivity index (χ0n) is 18.4. The van der Waals surface area contributed by atoms with Gasteiger partial charge in [0.2, 0.25) is 5.91 Å². The summed E-state index contributed by atoms with van der Waals surface area (Å²) in [7, 11) is 0. The SMILES string of the molecule is CC(C)OC(=O)Nc1ccc(N2CCCC3(CCN(C4CCCCC4)C3=O)C2)cc1. The van der Waals surface area contributed by atoms with E-state index < -0.39 is 6.09 Å². The third kappa shape index (κ3) is 4.42. The summed E-state index contributed by atoms with van der Waals surface area (Å²) in [4.78, 5) is 29.8. The van der Waals surface area contributed by atoms with Gasteiger partial charge >= 0.3 is 6.09 Å². The standard InChI is InChI=1S/C24H35N3O3/c1-18(2)30-23(29)25-19-9-11-20(12-10-19)26-15-6-13-24(17-26)14-16-27(22(24)28)21-7-4-3-5-8-21/h9-12,18,21H,3-8,13-17H2,1-2H3,(H,25,29). The maximum absolute atomic E-state index is 13.5. The van der Waals surface area contributed by atoms with Crippen LogP contribution in [0.15, 0.2) is 24.3 Å². The Labute approximate surface area is 179 Å². The second-order valence-electron chi connectivity index (χ2n) is 9.47. The Balaban J connectivity index is 1.40. The first-order chi connectivity index (χ1) is 14.5. The number of nitrogens with zero attached hydrogens (tertiary/aromatic N) is 2. The number of nitrogens with one attached hydrogen (secondary N) is 1. The van der Waals surface area contributed by atoms with Crippen molar-refractivity contribution in [3.63, 3.8) is 0 Å². The van der Waals surface area contributed by atoms with Crippen LogP contribution in [0, 0.1) is 5.41 Å². The molecule has 1 aromatic carbocycles. The molecular weight excluding hydrogens is 378 g/mol. The fourth-order valence-corrected chi connectivity index (χ4v) is 5.44. The van der Waals surface area contributed by atoms with Crippen molar-refractivity contribution in [2.75, 3.05) is 29.9 Å². The minimum atomic E-state index is -0.436. The zero-order chi connectivity index (χ0) is 21.1. The zero-order valence-corrected chi connectivity index (χ0v) is 18.4. The third-order valence-electron chi connectivity index (χ3n) is 6.96. The maximum atomic E-state index is 13.5. The fourth-order valence-electron chi connectivity index (χ4n) is 5.44. The normalized spacial score (nSPS) is 25.2. The molecule has 1 atom stereocenters. The molecule has 1 N–H and O–H groups in total. The summed E-state index contributed by atoms with van der Waals surface area (Å²) < 4.78 is 5.13. The number of hydrogen-bond donors (Lipinski definition) is 1. The number of hydrogen-bond acceptors (Lipinski definition) is 4. The average Bonchev–Trinajstić information content (AvgIpc) is 3.04. The lowest BCUT2D eigenvalue weighted by atomic mass is 9.78. The van der Waals surface area contributed by atoms with E-state index in [0.717, 1.165) is 50.3 Å². The number of likely N-dealkylation sites (tertiary alicyclic amines) is 1. The predicted molar refractivity (Wildman–Crippen MR) is 119 cm³/mol. The monoisotopic (exact) mass is 413 g/mol. The van der Waals surface area contributed by atoms with Crippen LogP contribution in [0.1, 0.15) is 65.2 Å². The molecule has 1 spiro atoms. The van der Waals surface area contributed by atoms with Crippen LogP contribution in [-0.2, 0) is 9.53 Å². The Morgan fingerprint density at radius 1 is 1.07 bits per heavy atom. The van der Waals surface area contributed by atoms with Crippen LogP contribution in [0.5, 0.6) is 0 Å². The fraction of sp³-hybridized carbons (Fsp3) is 0.667. The molecule has 2 aliphatic heterocycles. The van der Waals surface area contributed by atoms with Crippen molar-refractivity contribution in [3.05, 3.63) is 24.3 Å². The second kappa shape index (κ2) is 8.86. The van der Waals surface area contributed by atoms with E-state index in [-0.39, 0.29) is 11.5 Å². The molecule has 164 valence electrons. The van der Waals surface area contributed by atoms with E-state index in [0.29, 0.717) is 11.9 Å². The Kier molecular flexibility index (Phi) is 6.21. The summed E-state index contributed by atoms with van der Waals surface area (Å²) in [5, 5.41) is 2.76. The number of piperidine rings is 1. The van der Waals surface area contributed by atoms with E-state index in [1.54, 1.807) is 0 Å². The highest BCUT2D eigenvalue weighted by molar-refractivity contribution is 5.87. The lowest BCUT2D eigenvalue weighted by molar-refractivity contribution is -0.138. The predicted octanol–water partition coefficient (Wildman–Crippen LogP) is 4.80. The van der Waals surface area contributed by atoms with Crippen molar-refractivity contribution in [2.24, 2.45) is 5.41 Å². The van der Waals surface area contributed by atoms with Crippen LogP contribution in [0.4, 0.5) is 16.2 Å². The molecule has 1 aliphatic carbocycles. The largest absolute Gasteiger partial charge is 0.447 e. The van der Waals surface area contributed by atoms with Gasteiger partial charge in [-0.25, -0.2) is 4.79 Å². The molecule has 3 fully saturated rings. The van der Waals surface area contributed by atoms with E-state index in [1.807, 2.05) is 38.1 Å². The smallest absolute Gasteiger partial charge is 0.411 e. The van der Waals surface area contributed by atoms with Crippen LogP contribution < -0.4 is 10.2 Å². The first-order valence-electron chi connectivity index (χ1n) is 11.6. The van der Waals surface area contributed by atoms with Gasteiger partial charge in [0.05, 0.1) is 11.5 Å². The third-order valence-corrected chi connectivity index (χ3v) is 6.96. The van der Waals surface area contributed by atoms with Crippen molar-refractivity contribution in [1.29, 1.82) is 0 Å². The first kappa shape index (κ1) is 21.0. The van der Waals surface area contributed by atoms with Crippen molar-refractivity contribution in [3.8, 4) is 0 Å². The van der Waals surface area contributed by atoms with Crippen LogP contribution >= 0.6 is 0 Å². The summed E-state index contributed by atoms with van der Waals surface area (Å²) in [5.41, 5.74) is 1.62. The molecule has 30 heavy (non-hydrogen) atoms. The number of carbonyl (C=O) groups is 2. The van der Waals surface area contributed by atoms with E-state index in [4.69, 9.17) is 4.74 Å². The van der Waals surface area contributed by atoms with Gasteiger partial charge < -0.3 is 14.5 Å². The molecular formula is C24H35N3O3. The van der Waals surface area contributed by atoms with Gasteiger partial charge in [-0.15, -0.1) is 0 Å². The number of carbonyl (C=O) groups excluding carboxylic acids is 2. The number of ether oxygens (including phenoxy) is 1. The van der Waals surface area contributed by atoms with E-state index >= 15 is 0 Å². The summed E-state index contributed by atoms with van der Waals surface area (Å²) >= 11 is 0. The van der Waals surface area contributed by atoms with Gasteiger partial charge in [0, 0.05) is 37.1 Å². The van der Waals surface area contributed by atoms with Crippen LogP contribution in [0.2, 0.25) is 0 Å². The second-order valence-corrected chi connectivity index (χ2v) is 9.47. The Morgan fingerprint density at radius 3 is 2.50 bits per heavy atom. The van der Waals surface area contributed by atoms with Gasteiger partial charge in [0.25, 0.3) is 0 Å². The molecule has 1 saturated carbocycles. The maximum Gasteiger partial charge on any atom is 0.411 e. The molecule has 2 saturated heterocycles. The molecule has 6 heteroatoms. The molecule has 2 heterocycles. The van der Waals surface area contributed by atoms with Crippen LogP contribution in [-0.4, -0.2) is 48.7 Å². The number of anilines is 2. The molecule has 6 nitrogen and oxygen atoms in total. The number of amides is 2. The highest BCUT2D eigenvalue weighted by atomic mass is 16.6. The van der Waals surface area contributed by atoms with E-state index in [2.05, 4.69) is 15.1 Å². The molecule has 1 unspecified atom stereocenters. The molecule has 2 amide bonds. The molecule has 3 aliphatic rings. The topological polar surface area (TPSA) is 61.9 Å². The van der Waals surface area contributed by atoms with Gasteiger partial charge in [-0.3, -0.25) is 10.1 Å². The highest BCUT2D eigenvalue weighted by Crippen LogP contribution is 2.43. The van der Waals surface area contributed by atoms with Gasteiger partial charge in [0.1, 0.15) is 0 Å². The van der Waals surface area contributed by atoms with Gasteiger partial charge in [-0.2, -0.15) is 0 Å². The molecule has 1 aromatic rings. The summed E-state index contributed by atoms with van der Waals surface area (Å²) in [5.74, 6) is 0.397. The van der Waals surface area contributed by atoms with Gasteiger partial charge in [0.15, 0.2) is 0 Å². The van der Waals surface area contributed by atoms with Crippen LogP contribution in [0.25, 0.3) is 0 Å². The lowest BCUT2D eigenvalue weighted by Crippen LogP contribution is -2.49. The first-order valence-corrected chi connectivity index (χ1v) is 11.6. The quantitative estimate of drug-likeness (QED) is 0.771. The molecule has 0 aromatic heterocycles. The summed E-state index contributed by atoms with van der Waals surface area (Å²) in [6.07, 6.45) is 8.66.